The normalized spacial score (nSPS) is 28.1. The zero-order chi connectivity index (χ0) is 14.8. The lowest BCUT2D eigenvalue weighted by Gasteiger charge is -2.39. The Balaban J connectivity index is 2.01. The van der Waals surface area contributed by atoms with E-state index in [-0.39, 0.29) is 6.04 Å². The lowest BCUT2D eigenvalue weighted by molar-refractivity contribution is 0.184. The molecule has 118 valence electrons. The van der Waals surface area contributed by atoms with E-state index < -0.39 is 10.2 Å². The topological polar surface area (TPSA) is 43.9 Å². The third-order valence-electron chi connectivity index (χ3n) is 4.59. The van der Waals surface area contributed by atoms with Gasteiger partial charge < -0.3 is 4.90 Å². The van der Waals surface area contributed by atoms with Gasteiger partial charge in [0, 0.05) is 32.1 Å². The van der Waals surface area contributed by atoms with Crippen LogP contribution in [0.2, 0.25) is 0 Å². The van der Waals surface area contributed by atoms with Crippen molar-refractivity contribution in [2.75, 3.05) is 46.2 Å². The van der Waals surface area contributed by atoms with Gasteiger partial charge >= 0.3 is 0 Å². The third-order valence-corrected chi connectivity index (χ3v) is 7.04. The Morgan fingerprint density at radius 1 is 1.20 bits per heavy atom. The predicted molar refractivity (Wildman–Crippen MR) is 82.2 cm³/mol. The van der Waals surface area contributed by atoms with Crippen LogP contribution >= 0.6 is 11.6 Å². The maximum absolute atomic E-state index is 12.7. The van der Waals surface area contributed by atoms with Crippen molar-refractivity contribution in [2.45, 2.75) is 31.7 Å². The van der Waals surface area contributed by atoms with Gasteiger partial charge in [0.05, 0.1) is 0 Å². The van der Waals surface area contributed by atoms with E-state index in [9.17, 15) is 8.42 Å². The van der Waals surface area contributed by atoms with Crippen molar-refractivity contribution in [3.63, 3.8) is 0 Å². The lowest BCUT2D eigenvalue weighted by Crippen LogP contribution is -2.52. The molecule has 5 nitrogen and oxygen atoms in total. The molecular formula is C13H26ClN3O2S. The van der Waals surface area contributed by atoms with Gasteiger partial charge in [0.15, 0.2) is 0 Å². The largest absolute Gasteiger partial charge is 0.306 e. The van der Waals surface area contributed by atoms with Gasteiger partial charge in [-0.3, -0.25) is 0 Å². The number of piperidine rings is 2. The standard InChI is InChI=1S/C13H26ClN3O2S/c1-15-8-5-13(6-9-15)16(2)20(18,19)17-7-3-4-12(10-14)11-17/h12-13H,3-11H2,1-2H3. The molecule has 2 aliphatic rings. The molecule has 2 saturated heterocycles. The highest BCUT2D eigenvalue weighted by molar-refractivity contribution is 7.86. The summed E-state index contributed by atoms with van der Waals surface area (Å²) in [5, 5.41) is 0. The number of likely N-dealkylation sites (tertiary alicyclic amines) is 1. The molecule has 0 aromatic carbocycles. The second-order valence-corrected chi connectivity index (χ2v) is 8.38. The maximum atomic E-state index is 12.7. The molecule has 0 aromatic heterocycles. The van der Waals surface area contributed by atoms with E-state index in [1.165, 1.54) is 0 Å². The summed E-state index contributed by atoms with van der Waals surface area (Å²) >= 11 is 5.90. The molecule has 2 fully saturated rings. The van der Waals surface area contributed by atoms with E-state index in [4.69, 9.17) is 11.6 Å². The number of hydrogen-bond donors (Lipinski definition) is 0. The van der Waals surface area contributed by atoms with Crippen molar-refractivity contribution >= 4 is 21.8 Å². The van der Waals surface area contributed by atoms with Crippen LogP contribution in [0, 0.1) is 5.92 Å². The maximum Gasteiger partial charge on any atom is 0.281 e. The van der Waals surface area contributed by atoms with Gasteiger partial charge in [-0.1, -0.05) is 0 Å². The minimum absolute atomic E-state index is 0.132. The van der Waals surface area contributed by atoms with E-state index in [1.807, 2.05) is 0 Å². The van der Waals surface area contributed by atoms with Crippen LogP contribution < -0.4 is 0 Å². The van der Waals surface area contributed by atoms with Gasteiger partial charge in [-0.2, -0.15) is 17.0 Å². The fourth-order valence-corrected chi connectivity index (χ4v) is 5.05. The zero-order valence-corrected chi connectivity index (χ0v) is 14.0. The molecule has 1 unspecified atom stereocenters. The highest BCUT2D eigenvalue weighted by Crippen LogP contribution is 2.24. The van der Waals surface area contributed by atoms with Crippen LogP contribution in [0.4, 0.5) is 0 Å². The van der Waals surface area contributed by atoms with Crippen LogP contribution in [-0.2, 0) is 10.2 Å². The smallest absolute Gasteiger partial charge is 0.281 e. The molecule has 20 heavy (non-hydrogen) atoms. The molecule has 0 saturated carbocycles. The predicted octanol–water partition coefficient (Wildman–Crippen LogP) is 1.21. The summed E-state index contributed by atoms with van der Waals surface area (Å²) in [6, 6.07) is 0.132. The van der Waals surface area contributed by atoms with E-state index in [2.05, 4.69) is 11.9 Å². The summed E-state index contributed by atoms with van der Waals surface area (Å²) in [6.07, 6.45) is 3.78. The SMILES string of the molecule is CN1CCC(N(C)S(=O)(=O)N2CCCC(CCl)C2)CC1. The number of hydrogen-bond acceptors (Lipinski definition) is 3. The average Bonchev–Trinajstić information content (AvgIpc) is 2.47. The van der Waals surface area contributed by atoms with Gasteiger partial charge in [0.25, 0.3) is 10.2 Å². The van der Waals surface area contributed by atoms with Gasteiger partial charge in [-0.15, -0.1) is 11.6 Å². The Labute approximate surface area is 128 Å². The first-order valence-corrected chi connectivity index (χ1v) is 9.36. The molecule has 7 heteroatoms. The molecule has 0 aromatic rings. The quantitative estimate of drug-likeness (QED) is 0.730. The van der Waals surface area contributed by atoms with Gasteiger partial charge in [0.1, 0.15) is 0 Å². The summed E-state index contributed by atoms with van der Waals surface area (Å²) in [4.78, 5) is 2.25. The first kappa shape index (κ1) is 16.5. The molecule has 2 aliphatic heterocycles. The van der Waals surface area contributed by atoms with Crippen LogP contribution in [0.25, 0.3) is 0 Å². The highest BCUT2D eigenvalue weighted by atomic mass is 35.5. The fourth-order valence-electron chi connectivity index (χ4n) is 3.09. The van der Waals surface area contributed by atoms with Crippen LogP contribution in [0.5, 0.6) is 0 Å². The fraction of sp³-hybridized carbons (Fsp3) is 1.00. The van der Waals surface area contributed by atoms with E-state index in [0.29, 0.717) is 24.9 Å². The third kappa shape index (κ3) is 3.65. The molecule has 2 heterocycles. The van der Waals surface area contributed by atoms with Crippen molar-refractivity contribution in [2.24, 2.45) is 5.92 Å². The number of halogens is 1. The molecule has 0 radical (unpaired) electrons. The van der Waals surface area contributed by atoms with Gasteiger partial charge in [-0.25, -0.2) is 0 Å². The van der Waals surface area contributed by atoms with Crippen LogP contribution in [0.3, 0.4) is 0 Å². The minimum Gasteiger partial charge on any atom is -0.306 e. The number of rotatable bonds is 4. The molecule has 0 bridgehead atoms. The van der Waals surface area contributed by atoms with Gasteiger partial charge in [-0.05, 0) is 51.7 Å². The first-order valence-electron chi connectivity index (χ1n) is 7.42. The van der Waals surface area contributed by atoms with Crippen LogP contribution in [0.15, 0.2) is 0 Å². The van der Waals surface area contributed by atoms with Gasteiger partial charge in [0.2, 0.25) is 0 Å². The number of alkyl halides is 1. The highest BCUT2D eigenvalue weighted by Gasteiger charge is 2.35. The van der Waals surface area contributed by atoms with Crippen molar-refractivity contribution in [3.8, 4) is 0 Å². The molecular weight excluding hydrogens is 298 g/mol. The van der Waals surface area contributed by atoms with E-state index in [1.54, 1.807) is 15.7 Å². The van der Waals surface area contributed by atoms with Crippen molar-refractivity contribution in [1.29, 1.82) is 0 Å². The summed E-state index contributed by atoms with van der Waals surface area (Å²) in [6.45, 7) is 3.14. The molecule has 0 N–H and O–H groups in total. The first-order chi connectivity index (χ1) is 9.45. The number of nitrogens with zero attached hydrogens (tertiary/aromatic N) is 3. The van der Waals surface area contributed by atoms with Crippen molar-refractivity contribution in [3.05, 3.63) is 0 Å². The summed E-state index contributed by atoms with van der Waals surface area (Å²) < 4.78 is 28.7. The Morgan fingerprint density at radius 3 is 2.45 bits per heavy atom. The van der Waals surface area contributed by atoms with E-state index >= 15 is 0 Å². The molecule has 0 spiro atoms. The van der Waals surface area contributed by atoms with Crippen molar-refractivity contribution in [1.82, 2.24) is 13.5 Å². The molecule has 2 rings (SSSR count). The summed E-state index contributed by atoms with van der Waals surface area (Å²) in [5.41, 5.74) is 0. The second kappa shape index (κ2) is 6.92. The second-order valence-electron chi connectivity index (χ2n) is 6.08. The Bertz CT molecular complexity index is 410. The Kier molecular flexibility index (Phi) is 5.71. The Morgan fingerprint density at radius 2 is 1.85 bits per heavy atom. The average molecular weight is 324 g/mol. The summed E-state index contributed by atoms with van der Waals surface area (Å²) in [7, 11) is 0.483. The van der Waals surface area contributed by atoms with Crippen molar-refractivity contribution < 1.29 is 8.42 Å². The molecule has 0 aliphatic carbocycles. The van der Waals surface area contributed by atoms with Crippen LogP contribution in [-0.4, -0.2) is 74.1 Å². The Hall–Kier alpha value is 0.120. The lowest BCUT2D eigenvalue weighted by atomic mass is 10.0. The molecule has 0 amide bonds. The minimum atomic E-state index is -3.33. The van der Waals surface area contributed by atoms with E-state index in [0.717, 1.165) is 38.8 Å². The summed E-state index contributed by atoms with van der Waals surface area (Å²) in [5.74, 6) is 0.843. The van der Waals surface area contributed by atoms with Crippen LogP contribution in [0.1, 0.15) is 25.7 Å². The molecule has 1 atom stereocenters. The monoisotopic (exact) mass is 323 g/mol. The zero-order valence-electron chi connectivity index (χ0n) is 12.5.